The van der Waals surface area contributed by atoms with E-state index in [0.29, 0.717) is 17.2 Å². The van der Waals surface area contributed by atoms with Crippen molar-refractivity contribution in [2.24, 2.45) is 13.0 Å². The molecule has 3 heterocycles. The Morgan fingerprint density at radius 1 is 1.54 bits per heavy atom. The number of rotatable bonds is 4. The highest BCUT2D eigenvalue weighted by Gasteiger charge is 2.24. The van der Waals surface area contributed by atoms with Crippen molar-refractivity contribution in [2.75, 3.05) is 5.32 Å². The first kappa shape index (κ1) is 19.9. The second kappa shape index (κ2) is 8.04. The minimum atomic E-state index is -0.967. The Morgan fingerprint density at radius 2 is 2.29 bits per heavy atom. The molecule has 0 fully saturated rings. The van der Waals surface area contributed by atoms with Gasteiger partial charge in [0.05, 0.1) is 4.90 Å². The van der Waals surface area contributed by atoms with Crippen LogP contribution in [0.5, 0.6) is 0 Å². The quantitative estimate of drug-likeness (QED) is 0.684. The molecule has 3 rings (SSSR count). The summed E-state index contributed by atoms with van der Waals surface area (Å²) in [5, 5.41) is 11.5. The van der Waals surface area contributed by atoms with Crippen LogP contribution in [0.1, 0.15) is 42.0 Å². The van der Waals surface area contributed by atoms with E-state index in [-0.39, 0.29) is 17.4 Å². The molecule has 2 aromatic rings. The van der Waals surface area contributed by atoms with Crippen molar-refractivity contribution < 1.29 is 9.18 Å². The minimum Gasteiger partial charge on any atom is -0.345 e. The molecule has 2 atom stereocenters. The number of aromatic nitrogens is 2. The van der Waals surface area contributed by atoms with Gasteiger partial charge in [0.2, 0.25) is 5.95 Å². The van der Waals surface area contributed by atoms with Crippen LogP contribution < -0.4 is 10.0 Å². The number of carbonyl (C=O) groups excluding carboxylic acids is 1. The van der Waals surface area contributed by atoms with E-state index in [0.717, 1.165) is 17.4 Å². The van der Waals surface area contributed by atoms with Crippen LogP contribution in [0, 0.1) is 28.0 Å². The van der Waals surface area contributed by atoms with Gasteiger partial charge < -0.3 is 9.88 Å². The summed E-state index contributed by atoms with van der Waals surface area (Å²) in [6, 6.07) is 4.19. The number of aryl methyl sites for hydroxylation is 1. The molecule has 0 radical (unpaired) electrons. The molecule has 0 saturated heterocycles. The molecular weight excluding hydrogens is 379 g/mol. The van der Waals surface area contributed by atoms with Crippen molar-refractivity contribution >= 4 is 28.5 Å². The fourth-order valence-electron chi connectivity index (χ4n) is 3.14. The van der Waals surface area contributed by atoms with Gasteiger partial charge in [-0.25, -0.2) is 9.71 Å². The number of halogens is 1. The predicted octanol–water partition coefficient (Wildman–Crippen LogP) is 3.37. The lowest BCUT2D eigenvalue weighted by molar-refractivity contribution is 0.101. The zero-order valence-corrected chi connectivity index (χ0v) is 16.6. The van der Waals surface area contributed by atoms with Gasteiger partial charge in [-0.15, -0.1) is 0 Å². The van der Waals surface area contributed by atoms with Crippen LogP contribution in [0.2, 0.25) is 0 Å². The number of amides is 1. The highest BCUT2D eigenvalue weighted by atomic mass is 32.2. The van der Waals surface area contributed by atoms with E-state index in [1.807, 2.05) is 12.2 Å². The number of fused-ring (bicyclic) bond motifs is 1. The molecule has 0 aromatic carbocycles. The molecule has 2 aromatic heterocycles. The third-order valence-electron chi connectivity index (χ3n) is 4.28. The highest BCUT2D eigenvalue weighted by molar-refractivity contribution is 7.84. The second-order valence-corrected chi connectivity index (χ2v) is 8.30. The maximum Gasteiger partial charge on any atom is 0.272 e. The number of hydrogen-bond acceptors (Lipinski definition) is 4. The molecule has 0 spiro atoms. The largest absolute Gasteiger partial charge is 0.345 e. The Morgan fingerprint density at radius 3 is 2.96 bits per heavy atom. The van der Waals surface area contributed by atoms with E-state index in [1.54, 1.807) is 23.9 Å². The minimum absolute atomic E-state index is 0.0573. The van der Waals surface area contributed by atoms with Crippen molar-refractivity contribution in [3.05, 3.63) is 47.3 Å². The van der Waals surface area contributed by atoms with E-state index < -0.39 is 22.7 Å². The van der Waals surface area contributed by atoms with Crippen molar-refractivity contribution in [3.8, 4) is 6.07 Å². The summed E-state index contributed by atoms with van der Waals surface area (Å²) in [5.74, 6) is -0.808. The normalized spacial score (nSPS) is 18.4. The van der Waals surface area contributed by atoms with Crippen molar-refractivity contribution in [1.82, 2.24) is 14.3 Å². The fourth-order valence-corrected chi connectivity index (χ4v) is 4.39. The molecule has 3 N–H and O–H groups in total. The van der Waals surface area contributed by atoms with Crippen molar-refractivity contribution in [1.29, 1.82) is 10.0 Å². The van der Waals surface area contributed by atoms with Gasteiger partial charge in [0.1, 0.15) is 17.5 Å². The van der Waals surface area contributed by atoms with Gasteiger partial charge in [0.25, 0.3) is 5.91 Å². The average Bonchev–Trinajstić information content (AvgIpc) is 2.87. The lowest BCUT2D eigenvalue weighted by Gasteiger charge is -2.16. The summed E-state index contributed by atoms with van der Waals surface area (Å²) >= 11 is 0. The van der Waals surface area contributed by atoms with Crippen LogP contribution in [0.4, 0.5) is 10.1 Å². The summed E-state index contributed by atoms with van der Waals surface area (Å²) in [7, 11) is 0.764. The molecule has 1 aliphatic rings. The number of anilines is 1. The van der Waals surface area contributed by atoms with Gasteiger partial charge in [0, 0.05) is 36.6 Å². The van der Waals surface area contributed by atoms with Gasteiger partial charge in [0.15, 0.2) is 0 Å². The molecule has 1 aliphatic heterocycles. The molecule has 2 unspecified atom stereocenters. The monoisotopic (exact) mass is 400 g/mol. The number of carbonyl (C=O) groups is 1. The number of pyridine rings is 1. The van der Waals surface area contributed by atoms with Crippen molar-refractivity contribution in [3.63, 3.8) is 0 Å². The Balaban J connectivity index is 1.94. The third kappa shape index (κ3) is 4.18. The number of nitriles is 1. The molecule has 146 valence electrons. The zero-order chi connectivity index (χ0) is 20.4. The SMILES string of the molecule is CC(C)CC1C=Cc2c(cn(C)c2C(=O)Nc2cc(F)nc(C#N)c2)S(=N)N1. The molecule has 9 heteroatoms. The number of hydrogen-bond donors (Lipinski definition) is 3. The smallest absolute Gasteiger partial charge is 0.272 e. The zero-order valence-electron chi connectivity index (χ0n) is 15.8. The molecule has 7 nitrogen and oxygen atoms in total. The molecule has 0 bridgehead atoms. The number of nitrogens with zero attached hydrogens (tertiary/aromatic N) is 3. The molecule has 0 saturated carbocycles. The van der Waals surface area contributed by atoms with Gasteiger partial charge in [-0.1, -0.05) is 26.0 Å². The Labute approximate surface area is 165 Å². The molecular formula is C19H21FN6OS. The van der Waals surface area contributed by atoms with Crippen LogP contribution in [0.25, 0.3) is 6.08 Å². The lowest BCUT2D eigenvalue weighted by atomic mass is 10.0. The predicted molar refractivity (Wildman–Crippen MR) is 106 cm³/mol. The number of nitrogens with one attached hydrogen (secondary N) is 3. The van der Waals surface area contributed by atoms with E-state index in [2.05, 4.69) is 28.9 Å². The van der Waals surface area contributed by atoms with Gasteiger partial charge in [-0.3, -0.25) is 9.57 Å². The fraction of sp³-hybridized carbons (Fsp3) is 0.316. The Bertz CT molecular complexity index is 1020. The Kier molecular flexibility index (Phi) is 5.72. The first-order valence-electron chi connectivity index (χ1n) is 8.76. The first-order chi connectivity index (χ1) is 13.3. The van der Waals surface area contributed by atoms with Crippen molar-refractivity contribution in [2.45, 2.75) is 31.2 Å². The topological polar surface area (TPSA) is 107 Å². The van der Waals surface area contributed by atoms with Crippen LogP contribution in [-0.2, 0) is 17.9 Å². The average molecular weight is 400 g/mol. The van der Waals surface area contributed by atoms with Gasteiger partial charge >= 0.3 is 0 Å². The summed E-state index contributed by atoms with van der Waals surface area (Å²) in [5.41, 5.74) is 1.09. The van der Waals surface area contributed by atoms with Crippen LogP contribution >= 0.6 is 0 Å². The standard InChI is InChI=1S/C19H21FN6OS/c1-11(2)6-12-4-5-15-16(28(22)25-12)10-26(3)18(15)19(27)24-13-7-14(9-21)23-17(20)8-13/h4-5,7-8,10-12H,6H2,1-3H3,(H2,22,25)(H,23,24,27). The highest BCUT2D eigenvalue weighted by Crippen LogP contribution is 2.26. The van der Waals surface area contributed by atoms with Crippen LogP contribution in [0.3, 0.4) is 0 Å². The molecule has 1 amide bonds. The molecule has 28 heavy (non-hydrogen) atoms. The lowest BCUT2D eigenvalue weighted by Crippen LogP contribution is -2.28. The van der Waals surface area contributed by atoms with E-state index in [9.17, 15) is 9.18 Å². The third-order valence-corrected chi connectivity index (χ3v) is 5.58. The summed E-state index contributed by atoms with van der Waals surface area (Å²) < 4.78 is 27.0. The first-order valence-corrected chi connectivity index (χ1v) is 9.99. The van der Waals surface area contributed by atoms with E-state index in [1.165, 1.54) is 6.07 Å². The van der Waals surface area contributed by atoms with Crippen LogP contribution in [-0.4, -0.2) is 21.5 Å². The van der Waals surface area contributed by atoms with Crippen LogP contribution in [0.15, 0.2) is 29.3 Å². The maximum atomic E-state index is 13.6. The second-order valence-electron chi connectivity index (χ2n) is 7.02. The molecule has 0 aliphatic carbocycles. The summed E-state index contributed by atoms with van der Waals surface area (Å²) in [6.07, 6.45) is 6.52. The van der Waals surface area contributed by atoms with E-state index in [4.69, 9.17) is 10.0 Å². The summed E-state index contributed by atoms with van der Waals surface area (Å²) in [4.78, 5) is 17.1. The maximum absolute atomic E-state index is 13.6. The van der Waals surface area contributed by atoms with Gasteiger partial charge in [-0.2, -0.15) is 9.65 Å². The van der Waals surface area contributed by atoms with Gasteiger partial charge in [-0.05, 0) is 29.3 Å². The Hall–Kier alpha value is -2.83. The summed E-state index contributed by atoms with van der Waals surface area (Å²) in [6.45, 7) is 4.25. The van der Waals surface area contributed by atoms with E-state index >= 15 is 0 Å².